The van der Waals surface area contributed by atoms with E-state index in [0.29, 0.717) is 5.13 Å². The Kier molecular flexibility index (Phi) is 5.28. The largest absolute Gasteiger partial charge is 0.469 e. The molecule has 0 aliphatic rings. The van der Waals surface area contributed by atoms with E-state index in [1.54, 1.807) is 26.2 Å². The molecular weight excluding hydrogens is 316 g/mol. The monoisotopic (exact) mass is 334 g/mol. The second-order valence-electron chi connectivity index (χ2n) is 5.50. The summed E-state index contributed by atoms with van der Waals surface area (Å²) in [4.78, 5) is 31.7. The van der Waals surface area contributed by atoms with Gasteiger partial charge in [0.2, 0.25) is 0 Å². The fourth-order valence-corrected chi connectivity index (χ4v) is 2.61. The molecule has 0 aliphatic carbocycles. The summed E-state index contributed by atoms with van der Waals surface area (Å²) in [6.07, 6.45) is 3.47. The number of nitrogens with zero attached hydrogens (tertiary/aromatic N) is 2. The Bertz CT molecular complexity index is 685. The predicted molar refractivity (Wildman–Crippen MR) is 88.2 cm³/mol. The van der Waals surface area contributed by atoms with Crippen LogP contribution in [0.1, 0.15) is 20.3 Å². The van der Waals surface area contributed by atoms with E-state index in [9.17, 15) is 9.59 Å². The van der Waals surface area contributed by atoms with Gasteiger partial charge in [-0.3, -0.25) is 15.1 Å². The minimum absolute atomic E-state index is 0.0791. The van der Waals surface area contributed by atoms with Crippen molar-refractivity contribution in [3.8, 4) is 11.3 Å². The quantitative estimate of drug-likeness (QED) is 0.820. The summed E-state index contributed by atoms with van der Waals surface area (Å²) in [7, 11) is 1.31. The van der Waals surface area contributed by atoms with Gasteiger partial charge in [-0.2, -0.15) is 0 Å². The smallest absolute Gasteiger partial charge is 0.321 e. The first-order valence-electron chi connectivity index (χ1n) is 6.91. The molecule has 0 radical (unpaired) electrons. The van der Waals surface area contributed by atoms with Crippen LogP contribution in [0.25, 0.3) is 11.3 Å². The molecule has 7 nitrogen and oxygen atoms in total. The third-order valence-electron chi connectivity index (χ3n) is 2.95. The standard InChI is InChI=1S/C15H18N4O3S/c1-15(2,7-12(20)22-3)19-13(21)18-14-17-11(9-23-14)10-5-4-6-16-8-10/h4-6,8-9H,7H2,1-3H3,(H2,17,18,19,21). The molecule has 2 N–H and O–H groups in total. The van der Waals surface area contributed by atoms with Crippen molar-refractivity contribution in [2.45, 2.75) is 25.8 Å². The third kappa shape index (κ3) is 5.03. The summed E-state index contributed by atoms with van der Waals surface area (Å²) in [6, 6.07) is 3.29. The van der Waals surface area contributed by atoms with Crippen molar-refractivity contribution in [3.05, 3.63) is 29.9 Å². The molecule has 2 aromatic rings. The number of amides is 2. The van der Waals surface area contributed by atoms with Gasteiger partial charge < -0.3 is 10.1 Å². The number of hydrogen-bond acceptors (Lipinski definition) is 6. The second kappa shape index (κ2) is 7.19. The molecule has 0 aromatic carbocycles. The maximum absolute atomic E-state index is 12.0. The summed E-state index contributed by atoms with van der Waals surface area (Å²) >= 11 is 1.31. The number of carbonyl (C=O) groups excluding carboxylic acids is 2. The molecule has 0 saturated heterocycles. The lowest BCUT2D eigenvalue weighted by Crippen LogP contribution is -2.47. The lowest BCUT2D eigenvalue weighted by atomic mass is 10.0. The Labute approximate surface area is 138 Å². The first-order valence-corrected chi connectivity index (χ1v) is 7.79. The van der Waals surface area contributed by atoms with Crippen molar-refractivity contribution < 1.29 is 14.3 Å². The Morgan fingerprint density at radius 1 is 1.39 bits per heavy atom. The van der Waals surface area contributed by atoms with Crippen molar-refractivity contribution >= 4 is 28.5 Å². The molecule has 0 aliphatic heterocycles. The van der Waals surface area contributed by atoms with Crippen LogP contribution in [0, 0.1) is 0 Å². The van der Waals surface area contributed by atoms with Crippen LogP contribution in [0.3, 0.4) is 0 Å². The van der Waals surface area contributed by atoms with E-state index in [0.717, 1.165) is 11.3 Å². The van der Waals surface area contributed by atoms with Crippen molar-refractivity contribution in [2.75, 3.05) is 12.4 Å². The van der Waals surface area contributed by atoms with Crippen LogP contribution in [0.15, 0.2) is 29.9 Å². The zero-order valence-corrected chi connectivity index (χ0v) is 13.9. The fraction of sp³-hybridized carbons (Fsp3) is 0.333. The minimum Gasteiger partial charge on any atom is -0.469 e. The van der Waals surface area contributed by atoms with Gasteiger partial charge in [0.05, 0.1) is 19.2 Å². The molecular formula is C15H18N4O3S. The van der Waals surface area contributed by atoms with E-state index in [2.05, 4.69) is 25.3 Å². The van der Waals surface area contributed by atoms with Gasteiger partial charge in [-0.25, -0.2) is 9.78 Å². The number of thiazole rings is 1. The lowest BCUT2D eigenvalue weighted by Gasteiger charge is -2.24. The molecule has 2 heterocycles. The number of carbonyl (C=O) groups is 2. The van der Waals surface area contributed by atoms with Gasteiger partial charge >= 0.3 is 12.0 Å². The minimum atomic E-state index is -0.722. The summed E-state index contributed by atoms with van der Waals surface area (Å²) in [5, 5.41) is 7.69. The van der Waals surface area contributed by atoms with Crippen molar-refractivity contribution in [2.24, 2.45) is 0 Å². The van der Waals surface area contributed by atoms with E-state index < -0.39 is 11.6 Å². The number of pyridine rings is 1. The van der Waals surface area contributed by atoms with E-state index in [1.165, 1.54) is 18.4 Å². The highest BCUT2D eigenvalue weighted by Crippen LogP contribution is 2.24. The van der Waals surface area contributed by atoms with Gasteiger partial charge in [-0.05, 0) is 26.0 Å². The lowest BCUT2D eigenvalue weighted by molar-refractivity contribution is -0.141. The molecule has 0 bridgehead atoms. The number of methoxy groups -OCH3 is 1. The number of anilines is 1. The molecule has 2 rings (SSSR count). The second-order valence-corrected chi connectivity index (χ2v) is 6.35. The van der Waals surface area contributed by atoms with Crippen LogP contribution < -0.4 is 10.6 Å². The van der Waals surface area contributed by atoms with Crippen molar-refractivity contribution in [3.63, 3.8) is 0 Å². The molecule has 8 heteroatoms. The molecule has 2 aromatic heterocycles. The summed E-state index contributed by atoms with van der Waals surface area (Å²) < 4.78 is 4.61. The summed E-state index contributed by atoms with van der Waals surface area (Å²) in [6.45, 7) is 3.48. The Balaban J connectivity index is 1.96. The molecule has 122 valence electrons. The van der Waals surface area contributed by atoms with Gasteiger partial charge in [0, 0.05) is 28.9 Å². The van der Waals surface area contributed by atoms with Crippen LogP contribution in [-0.2, 0) is 9.53 Å². The molecule has 0 spiro atoms. The van der Waals surface area contributed by atoms with Crippen LogP contribution >= 0.6 is 11.3 Å². The fourth-order valence-electron chi connectivity index (χ4n) is 1.89. The van der Waals surface area contributed by atoms with Gasteiger partial charge in [-0.15, -0.1) is 11.3 Å². The normalized spacial score (nSPS) is 10.9. The Hall–Kier alpha value is -2.48. The number of nitrogens with one attached hydrogen (secondary N) is 2. The number of aromatic nitrogens is 2. The van der Waals surface area contributed by atoms with Crippen LogP contribution in [0.5, 0.6) is 0 Å². The molecule has 0 unspecified atom stereocenters. The number of rotatable bonds is 5. The Morgan fingerprint density at radius 3 is 2.83 bits per heavy atom. The number of esters is 1. The number of ether oxygens (including phenoxy) is 1. The van der Waals surface area contributed by atoms with Gasteiger partial charge in [-0.1, -0.05) is 0 Å². The molecule has 0 atom stereocenters. The zero-order chi connectivity index (χ0) is 16.9. The molecule has 0 fully saturated rings. The van der Waals surface area contributed by atoms with Crippen LogP contribution in [0.2, 0.25) is 0 Å². The SMILES string of the molecule is COC(=O)CC(C)(C)NC(=O)Nc1nc(-c2cccnc2)cs1. The number of hydrogen-bond donors (Lipinski definition) is 2. The maximum atomic E-state index is 12.0. The molecule has 0 saturated carbocycles. The Morgan fingerprint density at radius 2 is 2.17 bits per heavy atom. The van der Waals surface area contributed by atoms with Crippen molar-refractivity contribution in [1.29, 1.82) is 0 Å². The van der Waals surface area contributed by atoms with Gasteiger partial charge in [0.15, 0.2) is 5.13 Å². The third-order valence-corrected chi connectivity index (χ3v) is 3.71. The summed E-state index contributed by atoms with van der Waals surface area (Å²) in [5.41, 5.74) is 0.899. The highest BCUT2D eigenvalue weighted by Gasteiger charge is 2.25. The molecule has 23 heavy (non-hydrogen) atoms. The van der Waals surface area contributed by atoms with E-state index in [-0.39, 0.29) is 12.4 Å². The average Bonchev–Trinajstić information content (AvgIpc) is 2.95. The first-order chi connectivity index (χ1) is 10.9. The highest BCUT2D eigenvalue weighted by atomic mass is 32.1. The zero-order valence-electron chi connectivity index (χ0n) is 13.1. The van der Waals surface area contributed by atoms with Crippen molar-refractivity contribution in [1.82, 2.24) is 15.3 Å². The maximum Gasteiger partial charge on any atom is 0.321 e. The highest BCUT2D eigenvalue weighted by molar-refractivity contribution is 7.14. The van der Waals surface area contributed by atoms with E-state index >= 15 is 0 Å². The topological polar surface area (TPSA) is 93.2 Å². The summed E-state index contributed by atoms with van der Waals surface area (Å²) in [5.74, 6) is -0.386. The van der Waals surface area contributed by atoms with E-state index in [4.69, 9.17) is 0 Å². The predicted octanol–water partition coefficient (Wildman–Crippen LogP) is 2.67. The van der Waals surface area contributed by atoms with E-state index in [1.807, 2.05) is 17.5 Å². The average molecular weight is 334 g/mol. The van der Waals surface area contributed by atoms with Crippen LogP contribution in [0.4, 0.5) is 9.93 Å². The van der Waals surface area contributed by atoms with Gasteiger partial charge in [0.25, 0.3) is 0 Å². The van der Waals surface area contributed by atoms with Gasteiger partial charge in [0.1, 0.15) is 0 Å². The first kappa shape index (κ1) is 16.9. The molecule has 2 amide bonds. The van der Waals surface area contributed by atoms with Crippen LogP contribution in [-0.4, -0.2) is 34.6 Å². The number of urea groups is 1.